The molecule has 11 heteroatoms. The Morgan fingerprint density at radius 2 is 1.94 bits per heavy atom. The molecule has 34 heavy (non-hydrogen) atoms. The maximum absolute atomic E-state index is 12.2. The molecular formula is C23H27Cl2N5O4. The number of rotatable bonds is 11. The second-order valence-electron chi connectivity index (χ2n) is 8.21. The van der Waals surface area contributed by atoms with Crippen LogP contribution in [0.1, 0.15) is 25.1 Å². The molecule has 3 rings (SSSR count). The van der Waals surface area contributed by atoms with E-state index >= 15 is 0 Å². The Balaban J connectivity index is 1.70. The first kappa shape index (κ1) is 25.9. The number of hydrazine groups is 1. The zero-order valence-corrected chi connectivity index (χ0v) is 20.4. The molecule has 3 aromatic rings. The van der Waals surface area contributed by atoms with E-state index in [4.69, 9.17) is 27.9 Å². The maximum atomic E-state index is 12.2. The van der Waals surface area contributed by atoms with Crippen LogP contribution < -0.4 is 5.43 Å². The maximum Gasteiger partial charge on any atom is 0.336 e. The highest BCUT2D eigenvalue weighted by atomic mass is 35.5. The van der Waals surface area contributed by atoms with E-state index in [1.807, 2.05) is 38.1 Å². The summed E-state index contributed by atoms with van der Waals surface area (Å²) in [5.74, 6) is -0.522. The van der Waals surface area contributed by atoms with E-state index in [1.54, 1.807) is 23.2 Å². The number of benzene rings is 2. The fourth-order valence-corrected chi connectivity index (χ4v) is 3.50. The van der Waals surface area contributed by atoms with Gasteiger partial charge in [0.25, 0.3) is 0 Å². The number of carbonyl (C=O) groups is 1. The molecule has 0 aliphatic heterocycles. The summed E-state index contributed by atoms with van der Waals surface area (Å²) in [5.41, 5.74) is 6.25. The van der Waals surface area contributed by atoms with Crippen LogP contribution in [0.25, 0.3) is 11.1 Å². The third-order valence-corrected chi connectivity index (χ3v) is 5.37. The SMILES string of the molecule is CC(C)COC(=O)C(O)CN(Cc1ccc(-c2cc(Cl)ccc2Cl)cc1)NCc1cn(O)nn1. The summed E-state index contributed by atoms with van der Waals surface area (Å²) in [6.45, 7) is 4.64. The van der Waals surface area contributed by atoms with Crippen LogP contribution in [0.3, 0.4) is 0 Å². The van der Waals surface area contributed by atoms with Crippen molar-refractivity contribution in [1.82, 2.24) is 25.6 Å². The predicted octanol–water partition coefficient (Wildman–Crippen LogP) is 3.56. The zero-order chi connectivity index (χ0) is 24.7. The monoisotopic (exact) mass is 507 g/mol. The number of hydrogen-bond donors (Lipinski definition) is 3. The van der Waals surface area contributed by atoms with Crippen molar-refractivity contribution in [2.75, 3.05) is 13.2 Å². The van der Waals surface area contributed by atoms with Crippen LogP contribution >= 0.6 is 23.2 Å². The average molecular weight is 508 g/mol. The van der Waals surface area contributed by atoms with Gasteiger partial charge in [0.2, 0.25) is 0 Å². The van der Waals surface area contributed by atoms with Crippen LogP contribution in [0.4, 0.5) is 0 Å². The van der Waals surface area contributed by atoms with Gasteiger partial charge in [-0.15, -0.1) is 5.10 Å². The van der Waals surface area contributed by atoms with Gasteiger partial charge in [0.15, 0.2) is 6.10 Å². The molecule has 1 atom stereocenters. The fraction of sp³-hybridized carbons (Fsp3) is 0.348. The highest BCUT2D eigenvalue weighted by molar-refractivity contribution is 6.35. The van der Waals surface area contributed by atoms with Crippen LogP contribution in [0.5, 0.6) is 0 Å². The van der Waals surface area contributed by atoms with Crippen LogP contribution in [-0.2, 0) is 22.6 Å². The van der Waals surface area contributed by atoms with Crippen molar-refractivity contribution in [3.63, 3.8) is 0 Å². The minimum Gasteiger partial charge on any atom is -0.463 e. The molecule has 1 unspecified atom stereocenters. The molecule has 1 heterocycles. The van der Waals surface area contributed by atoms with E-state index in [0.29, 0.717) is 27.1 Å². The van der Waals surface area contributed by atoms with E-state index in [9.17, 15) is 15.1 Å². The topological polar surface area (TPSA) is 113 Å². The van der Waals surface area contributed by atoms with Gasteiger partial charge in [0.05, 0.1) is 25.9 Å². The van der Waals surface area contributed by atoms with E-state index in [0.717, 1.165) is 16.7 Å². The number of halogens is 2. The number of aromatic nitrogens is 3. The molecule has 0 bridgehead atoms. The van der Waals surface area contributed by atoms with E-state index in [-0.39, 0.29) is 25.6 Å². The number of carbonyl (C=O) groups excluding carboxylic acids is 1. The summed E-state index contributed by atoms with van der Waals surface area (Å²) in [4.78, 5) is 12.8. The first-order valence-electron chi connectivity index (χ1n) is 10.7. The summed E-state index contributed by atoms with van der Waals surface area (Å²) in [7, 11) is 0. The van der Waals surface area contributed by atoms with Crippen molar-refractivity contribution in [2.24, 2.45) is 5.92 Å². The minimum atomic E-state index is -1.34. The first-order valence-corrected chi connectivity index (χ1v) is 11.4. The van der Waals surface area contributed by atoms with Gasteiger partial charge in [-0.3, -0.25) is 0 Å². The molecule has 0 saturated heterocycles. The lowest BCUT2D eigenvalue weighted by Gasteiger charge is -2.25. The molecule has 0 aliphatic carbocycles. The largest absolute Gasteiger partial charge is 0.463 e. The lowest BCUT2D eigenvalue weighted by Crippen LogP contribution is -2.45. The molecule has 3 N–H and O–H groups in total. The molecule has 1 aromatic heterocycles. The number of nitrogens with zero attached hydrogens (tertiary/aromatic N) is 4. The number of aliphatic hydroxyl groups excluding tert-OH is 1. The second kappa shape index (κ2) is 12.1. The molecule has 0 amide bonds. The van der Waals surface area contributed by atoms with Gasteiger partial charge in [0, 0.05) is 22.2 Å². The summed E-state index contributed by atoms with van der Waals surface area (Å²) in [6.07, 6.45) is 0.00601. The highest BCUT2D eigenvalue weighted by Gasteiger charge is 2.21. The summed E-state index contributed by atoms with van der Waals surface area (Å²) < 4.78 is 5.14. The Labute approximate surface area is 207 Å². The van der Waals surface area contributed by atoms with E-state index < -0.39 is 12.1 Å². The van der Waals surface area contributed by atoms with Crippen molar-refractivity contribution in [2.45, 2.75) is 33.0 Å². The summed E-state index contributed by atoms with van der Waals surface area (Å²) in [5, 5.41) is 29.9. The second-order valence-corrected chi connectivity index (χ2v) is 9.05. The van der Waals surface area contributed by atoms with Crippen molar-refractivity contribution < 1.29 is 19.8 Å². The van der Waals surface area contributed by atoms with Crippen LogP contribution in [0.2, 0.25) is 10.0 Å². The first-order chi connectivity index (χ1) is 16.2. The Morgan fingerprint density at radius 3 is 2.59 bits per heavy atom. The molecule has 0 aliphatic rings. The van der Waals surface area contributed by atoms with Crippen molar-refractivity contribution in [3.8, 4) is 11.1 Å². The Hall–Kier alpha value is -2.69. The highest BCUT2D eigenvalue weighted by Crippen LogP contribution is 2.30. The van der Waals surface area contributed by atoms with Crippen LogP contribution in [0, 0.1) is 5.92 Å². The van der Waals surface area contributed by atoms with Gasteiger partial charge in [-0.05, 0) is 40.5 Å². The quantitative estimate of drug-likeness (QED) is 0.205. The number of nitrogens with one attached hydrogen (secondary N) is 1. The Kier molecular flexibility index (Phi) is 9.26. The Morgan fingerprint density at radius 1 is 1.21 bits per heavy atom. The van der Waals surface area contributed by atoms with Gasteiger partial charge < -0.3 is 15.1 Å². The number of hydrogen-bond acceptors (Lipinski definition) is 8. The molecule has 9 nitrogen and oxygen atoms in total. The molecule has 0 fully saturated rings. The molecule has 0 spiro atoms. The smallest absolute Gasteiger partial charge is 0.336 e. The molecule has 2 aromatic carbocycles. The third-order valence-electron chi connectivity index (χ3n) is 4.80. The van der Waals surface area contributed by atoms with Crippen molar-refractivity contribution >= 4 is 29.2 Å². The van der Waals surface area contributed by atoms with Gasteiger partial charge in [-0.25, -0.2) is 15.2 Å². The standard InChI is InChI=1S/C23H27Cl2N5O4/c1-15(2)14-34-23(32)22(31)13-29(26-10-19-12-30(33)28-27-19)11-16-3-5-17(6-4-16)20-9-18(24)7-8-21(20)25/h3-9,12,15,22,26,31,33H,10-11,13-14H2,1-2H3. The number of esters is 1. The van der Waals surface area contributed by atoms with Crippen LogP contribution in [-0.4, -0.2) is 55.7 Å². The van der Waals surface area contributed by atoms with Gasteiger partial charge >= 0.3 is 5.97 Å². The van der Waals surface area contributed by atoms with Crippen molar-refractivity contribution in [3.05, 3.63) is 70.0 Å². The molecule has 0 radical (unpaired) electrons. The number of aliphatic hydroxyl groups is 1. The molecular weight excluding hydrogens is 481 g/mol. The zero-order valence-electron chi connectivity index (χ0n) is 18.9. The van der Waals surface area contributed by atoms with Gasteiger partial charge in [0.1, 0.15) is 5.69 Å². The van der Waals surface area contributed by atoms with Crippen molar-refractivity contribution in [1.29, 1.82) is 0 Å². The normalized spacial score (nSPS) is 12.3. The van der Waals surface area contributed by atoms with Gasteiger partial charge in [-0.2, -0.15) is 0 Å². The van der Waals surface area contributed by atoms with E-state index in [2.05, 4.69) is 15.7 Å². The Bertz CT molecular complexity index is 1090. The van der Waals surface area contributed by atoms with E-state index in [1.165, 1.54) is 6.20 Å². The lowest BCUT2D eigenvalue weighted by molar-refractivity contribution is -0.156. The predicted molar refractivity (Wildman–Crippen MR) is 128 cm³/mol. The summed E-state index contributed by atoms with van der Waals surface area (Å²) in [6, 6.07) is 13.0. The molecule has 182 valence electrons. The number of ether oxygens (including phenoxy) is 1. The third kappa shape index (κ3) is 7.68. The van der Waals surface area contributed by atoms with Crippen LogP contribution in [0.15, 0.2) is 48.7 Å². The fourth-order valence-electron chi connectivity index (χ4n) is 3.10. The van der Waals surface area contributed by atoms with Gasteiger partial charge in [-0.1, -0.05) is 66.2 Å². The molecule has 0 saturated carbocycles. The lowest BCUT2D eigenvalue weighted by atomic mass is 10.0. The summed E-state index contributed by atoms with van der Waals surface area (Å²) >= 11 is 12.4. The average Bonchev–Trinajstić information content (AvgIpc) is 3.23. The minimum absolute atomic E-state index is 0.0218.